The molecule has 1 fully saturated rings. The van der Waals surface area contributed by atoms with Gasteiger partial charge >= 0.3 is 6.18 Å². The topological polar surface area (TPSA) is 134 Å². The van der Waals surface area contributed by atoms with Crippen LogP contribution in [0.2, 0.25) is 0 Å². The monoisotopic (exact) mass is 651 g/mol. The molecule has 0 bridgehead atoms. The highest BCUT2D eigenvalue weighted by Gasteiger charge is 2.31. The number of benzene rings is 2. The van der Waals surface area contributed by atoms with E-state index in [2.05, 4.69) is 15.4 Å². The van der Waals surface area contributed by atoms with Crippen LogP contribution in [-0.4, -0.2) is 80.4 Å². The summed E-state index contributed by atoms with van der Waals surface area (Å²) in [6, 6.07) is 8.99. The highest BCUT2D eigenvalue weighted by atomic mass is 19.4. The number of halogens is 3. The maximum Gasteiger partial charge on any atom is 0.416 e. The summed E-state index contributed by atoms with van der Waals surface area (Å²) in [4.78, 5) is 48.6. The van der Waals surface area contributed by atoms with E-state index in [1.54, 1.807) is 35.4 Å². The van der Waals surface area contributed by atoms with Crippen LogP contribution in [0.3, 0.4) is 0 Å². The number of aromatic hydroxyl groups is 1. The summed E-state index contributed by atoms with van der Waals surface area (Å²) in [5, 5.41) is 17.5. The Balaban J connectivity index is 1.31. The van der Waals surface area contributed by atoms with Crippen LogP contribution >= 0.6 is 0 Å². The Morgan fingerprint density at radius 2 is 1.77 bits per heavy atom. The average Bonchev–Trinajstić information content (AvgIpc) is 3.50. The number of phenolic OH excluding ortho intramolecular Hbond substituents is 1. The third-order valence-electron chi connectivity index (χ3n) is 8.37. The van der Waals surface area contributed by atoms with E-state index in [9.17, 15) is 32.7 Å². The number of aromatic nitrogens is 4. The number of hydrogen-bond acceptors (Lipinski definition) is 8. The lowest BCUT2D eigenvalue weighted by atomic mass is 10.1. The number of rotatable bonds is 6. The van der Waals surface area contributed by atoms with E-state index in [0.29, 0.717) is 49.8 Å². The summed E-state index contributed by atoms with van der Waals surface area (Å²) < 4.78 is 47.2. The largest absolute Gasteiger partial charge is 0.507 e. The van der Waals surface area contributed by atoms with E-state index < -0.39 is 23.2 Å². The number of amides is 2. The fourth-order valence-electron chi connectivity index (χ4n) is 5.88. The van der Waals surface area contributed by atoms with E-state index in [-0.39, 0.29) is 54.0 Å². The molecule has 246 valence electrons. The zero-order chi connectivity index (χ0) is 33.5. The molecule has 2 aliphatic rings. The normalized spacial score (nSPS) is 15.6. The van der Waals surface area contributed by atoms with Crippen LogP contribution in [0.1, 0.15) is 39.4 Å². The van der Waals surface area contributed by atoms with Crippen LogP contribution in [0.25, 0.3) is 11.4 Å². The van der Waals surface area contributed by atoms with Gasteiger partial charge in [-0.25, -0.2) is 0 Å². The van der Waals surface area contributed by atoms with Crippen LogP contribution < -0.4 is 15.8 Å². The minimum atomic E-state index is -4.51. The minimum absolute atomic E-state index is 0.0992. The molecular weight excluding hydrogens is 619 g/mol. The number of fused-ring (bicyclic) bond motifs is 1. The number of ether oxygens (including phenoxy) is 1. The van der Waals surface area contributed by atoms with E-state index in [1.807, 2.05) is 11.0 Å². The molecule has 4 heterocycles. The number of nitrogens with zero attached hydrogens (tertiary/aromatic N) is 6. The van der Waals surface area contributed by atoms with Crippen molar-refractivity contribution in [1.82, 2.24) is 24.1 Å². The number of nitrogens with one attached hydrogen (secondary N) is 1. The molecule has 0 radical (unpaired) electrons. The summed E-state index contributed by atoms with van der Waals surface area (Å²) >= 11 is 0. The average molecular weight is 652 g/mol. The molecule has 2 amide bonds. The first kappa shape index (κ1) is 31.8. The lowest BCUT2D eigenvalue weighted by Gasteiger charge is -2.36. The molecule has 6 rings (SSSR count). The SMILES string of the molecule is Cc1cccc(O)c1C(=O)N1CCN(c2c(C)n(CC(=O)Nc3ccc(C(F)(F)F)cc3)c3nc(C4=CCOCC4)nn3c2=O)CC1. The van der Waals surface area contributed by atoms with Gasteiger partial charge in [-0.05, 0) is 61.7 Å². The molecule has 0 aliphatic carbocycles. The zero-order valence-corrected chi connectivity index (χ0v) is 25.7. The number of phenols is 1. The van der Waals surface area contributed by atoms with Crippen molar-refractivity contribution in [3.8, 4) is 5.75 Å². The van der Waals surface area contributed by atoms with Gasteiger partial charge in [0, 0.05) is 37.6 Å². The van der Waals surface area contributed by atoms with E-state index in [4.69, 9.17) is 4.74 Å². The minimum Gasteiger partial charge on any atom is -0.507 e. The van der Waals surface area contributed by atoms with Crippen molar-refractivity contribution < 1.29 is 32.6 Å². The molecule has 2 aromatic heterocycles. The maximum absolute atomic E-state index is 14.0. The summed E-state index contributed by atoms with van der Waals surface area (Å²) in [7, 11) is 0. The van der Waals surface area contributed by atoms with Gasteiger partial charge in [-0.1, -0.05) is 18.2 Å². The van der Waals surface area contributed by atoms with Crippen LogP contribution in [0.15, 0.2) is 53.3 Å². The Morgan fingerprint density at radius 1 is 1.04 bits per heavy atom. The Hall–Kier alpha value is -5.18. The Labute approximate surface area is 266 Å². The molecule has 0 spiro atoms. The van der Waals surface area contributed by atoms with Crippen molar-refractivity contribution in [2.24, 2.45) is 0 Å². The fraction of sp³-hybridized carbons (Fsp3) is 0.344. The highest BCUT2D eigenvalue weighted by molar-refractivity contribution is 5.98. The van der Waals surface area contributed by atoms with Crippen molar-refractivity contribution >= 4 is 34.5 Å². The second-order valence-electron chi connectivity index (χ2n) is 11.4. The number of carbonyl (C=O) groups excluding carboxylic acids is 2. The van der Waals surface area contributed by atoms with Gasteiger partial charge in [0.25, 0.3) is 11.5 Å². The Kier molecular flexibility index (Phi) is 8.49. The first-order valence-corrected chi connectivity index (χ1v) is 15.0. The molecule has 0 saturated carbocycles. The molecule has 2 N–H and O–H groups in total. The van der Waals surface area contributed by atoms with Gasteiger partial charge < -0.3 is 29.5 Å². The molecular formula is C32H32F3N7O5. The van der Waals surface area contributed by atoms with Gasteiger partial charge in [-0.2, -0.15) is 22.7 Å². The van der Waals surface area contributed by atoms with E-state index in [1.165, 1.54) is 18.2 Å². The molecule has 2 aliphatic heterocycles. The summed E-state index contributed by atoms with van der Waals surface area (Å²) in [6.07, 6.45) is -2.14. The lowest BCUT2D eigenvalue weighted by molar-refractivity contribution is -0.137. The molecule has 12 nitrogen and oxygen atoms in total. The molecule has 15 heteroatoms. The molecule has 0 atom stereocenters. The van der Waals surface area contributed by atoms with Gasteiger partial charge in [0.2, 0.25) is 11.7 Å². The third-order valence-corrected chi connectivity index (χ3v) is 8.37. The number of aryl methyl sites for hydroxylation is 1. The highest BCUT2D eigenvalue weighted by Crippen LogP contribution is 2.30. The van der Waals surface area contributed by atoms with Crippen LogP contribution in [-0.2, 0) is 22.3 Å². The Morgan fingerprint density at radius 3 is 2.40 bits per heavy atom. The predicted octanol–water partition coefficient (Wildman–Crippen LogP) is 3.64. The standard InChI is InChI=1S/C32H32F3N7O5/c1-19-4-3-5-24(43)26(19)29(45)40-14-12-39(13-15-40)27-20(2)41(18-25(44)36-23-8-6-22(7-9-23)32(33,34)35)31-37-28(38-42(31)30(27)46)21-10-16-47-17-11-21/h3-10,43H,11-18H2,1-2H3,(H,36,44). The predicted molar refractivity (Wildman–Crippen MR) is 166 cm³/mol. The van der Waals surface area contributed by atoms with E-state index in [0.717, 1.165) is 22.2 Å². The first-order chi connectivity index (χ1) is 22.4. The van der Waals surface area contributed by atoms with Gasteiger partial charge in [-0.3, -0.25) is 14.4 Å². The number of piperazine rings is 1. The number of anilines is 2. The number of carbonyl (C=O) groups is 2. The van der Waals surface area contributed by atoms with Crippen molar-refractivity contribution in [1.29, 1.82) is 0 Å². The first-order valence-electron chi connectivity index (χ1n) is 15.0. The van der Waals surface area contributed by atoms with Crippen molar-refractivity contribution in [2.75, 3.05) is 49.6 Å². The quantitative estimate of drug-likeness (QED) is 0.323. The second kappa shape index (κ2) is 12.5. The molecule has 4 aromatic rings. The smallest absolute Gasteiger partial charge is 0.416 e. The van der Waals surface area contributed by atoms with E-state index >= 15 is 0 Å². The van der Waals surface area contributed by atoms with Gasteiger partial charge in [-0.15, -0.1) is 5.10 Å². The molecule has 0 unspecified atom stereocenters. The Bertz CT molecular complexity index is 1920. The summed E-state index contributed by atoms with van der Waals surface area (Å²) in [5.41, 5.74) is 1.28. The van der Waals surface area contributed by atoms with Crippen molar-refractivity contribution in [3.63, 3.8) is 0 Å². The van der Waals surface area contributed by atoms with Crippen molar-refractivity contribution in [3.05, 3.63) is 87.1 Å². The molecule has 47 heavy (non-hydrogen) atoms. The lowest BCUT2D eigenvalue weighted by Crippen LogP contribution is -2.50. The number of alkyl halides is 3. The van der Waals surface area contributed by atoms with Crippen LogP contribution in [0.4, 0.5) is 24.5 Å². The summed E-state index contributed by atoms with van der Waals surface area (Å²) in [5.74, 6) is -0.502. The summed E-state index contributed by atoms with van der Waals surface area (Å²) in [6.45, 7) is 5.10. The zero-order valence-electron chi connectivity index (χ0n) is 25.7. The second-order valence-corrected chi connectivity index (χ2v) is 11.4. The third kappa shape index (κ3) is 6.30. The maximum atomic E-state index is 14.0. The van der Waals surface area contributed by atoms with Gasteiger partial charge in [0.1, 0.15) is 18.0 Å². The molecule has 1 saturated heterocycles. The number of hydrogen-bond donors (Lipinski definition) is 2. The van der Waals surface area contributed by atoms with Crippen LogP contribution in [0, 0.1) is 13.8 Å². The van der Waals surface area contributed by atoms with Crippen LogP contribution in [0.5, 0.6) is 5.75 Å². The molecule has 2 aromatic carbocycles. The fourth-order valence-corrected chi connectivity index (χ4v) is 5.88. The van der Waals surface area contributed by atoms with Gasteiger partial charge in [0.15, 0.2) is 5.82 Å². The van der Waals surface area contributed by atoms with Gasteiger partial charge in [0.05, 0.1) is 24.3 Å². The van der Waals surface area contributed by atoms with Crippen molar-refractivity contribution in [2.45, 2.75) is 33.0 Å².